The number of hydrogen-bond acceptors (Lipinski definition) is 2. The van der Waals surface area contributed by atoms with Crippen LogP contribution in [0.3, 0.4) is 0 Å². The topological polar surface area (TPSA) is 15.3 Å². The Bertz CT molecular complexity index is 411. The lowest BCUT2D eigenvalue weighted by atomic mass is 9.92. The van der Waals surface area contributed by atoms with E-state index in [1.54, 1.807) is 6.07 Å². The van der Waals surface area contributed by atoms with Crippen molar-refractivity contribution >= 4 is 0 Å². The molecule has 112 valence electrons. The van der Waals surface area contributed by atoms with Gasteiger partial charge in [0.25, 0.3) is 0 Å². The van der Waals surface area contributed by atoms with Crippen LogP contribution in [-0.2, 0) is 13.1 Å². The van der Waals surface area contributed by atoms with Crippen LogP contribution in [-0.4, -0.2) is 25.0 Å². The van der Waals surface area contributed by atoms with Crippen LogP contribution in [0.15, 0.2) is 18.2 Å². The Morgan fingerprint density at radius 3 is 2.70 bits per heavy atom. The summed E-state index contributed by atoms with van der Waals surface area (Å²) < 4.78 is 13.9. The fourth-order valence-electron chi connectivity index (χ4n) is 3.15. The molecule has 1 heterocycles. The van der Waals surface area contributed by atoms with Gasteiger partial charge in [-0.25, -0.2) is 4.39 Å². The second-order valence-electron chi connectivity index (χ2n) is 5.96. The summed E-state index contributed by atoms with van der Waals surface area (Å²) in [6, 6.07) is 5.47. The van der Waals surface area contributed by atoms with Crippen molar-refractivity contribution < 1.29 is 4.39 Å². The molecule has 2 nitrogen and oxygen atoms in total. The Morgan fingerprint density at radius 1 is 1.30 bits per heavy atom. The summed E-state index contributed by atoms with van der Waals surface area (Å²) in [5.41, 5.74) is 2.00. The molecule has 0 aliphatic carbocycles. The Kier molecular flexibility index (Phi) is 5.99. The quantitative estimate of drug-likeness (QED) is 0.856. The maximum Gasteiger partial charge on any atom is 0.127 e. The van der Waals surface area contributed by atoms with Gasteiger partial charge in [-0.15, -0.1) is 0 Å². The van der Waals surface area contributed by atoms with Crippen molar-refractivity contribution in [2.24, 2.45) is 5.92 Å². The SMILES string of the molecule is CCCC1CCN(Cc2cc(CNC)ccc2F)CC1. The maximum atomic E-state index is 13.9. The van der Waals surface area contributed by atoms with Crippen molar-refractivity contribution in [2.45, 2.75) is 45.7 Å². The summed E-state index contributed by atoms with van der Waals surface area (Å²) in [5, 5.41) is 3.12. The molecule has 0 bridgehead atoms. The zero-order valence-corrected chi connectivity index (χ0v) is 12.8. The lowest BCUT2D eigenvalue weighted by Crippen LogP contribution is -2.33. The summed E-state index contributed by atoms with van der Waals surface area (Å²) >= 11 is 0. The number of benzene rings is 1. The third kappa shape index (κ3) is 4.29. The van der Waals surface area contributed by atoms with Gasteiger partial charge in [-0.2, -0.15) is 0 Å². The van der Waals surface area contributed by atoms with Crippen LogP contribution in [0.1, 0.15) is 43.7 Å². The number of piperidine rings is 1. The first-order chi connectivity index (χ1) is 9.72. The van der Waals surface area contributed by atoms with Crippen molar-refractivity contribution in [3.8, 4) is 0 Å². The van der Waals surface area contributed by atoms with E-state index in [1.165, 1.54) is 25.7 Å². The van der Waals surface area contributed by atoms with E-state index < -0.39 is 0 Å². The number of hydrogen-bond donors (Lipinski definition) is 1. The van der Waals surface area contributed by atoms with Gasteiger partial charge in [0.1, 0.15) is 5.82 Å². The number of nitrogens with one attached hydrogen (secondary N) is 1. The highest BCUT2D eigenvalue weighted by atomic mass is 19.1. The fourth-order valence-corrected chi connectivity index (χ4v) is 3.15. The minimum atomic E-state index is -0.0689. The average Bonchev–Trinajstić information content (AvgIpc) is 2.45. The normalized spacial score (nSPS) is 17.6. The van der Waals surface area contributed by atoms with E-state index >= 15 is 0 Å². The highest BCUT2D eigenvalue weighted by Gasteiger charge is 2.19. The molecule has 2 rings (SSSR count). The summed E-state index contributed by atoms with van der Waals surface area (Å²) in [6.07, 6.45) is 5.17. The van der Waals surface area contributed by atoms with E-state index in [2.05, 4.69) is 17.1 Å². The Balaban J connectivity index is 1.92. The van der Waals surface area contributed by atoms with E-state index in [9.17, 15) is 4.39 Å². The lowest BCUT2D eigenvalue weighted by Gasteiger charge is -2.32. The first kappa shape index (κ1) is 15.5. The van der Waals surface area contributed by atoms with E-state index in [0.717, 1.165) is 43.2 Å². The van der Waals surface area contributed by atoms with Gasteiger partial charge in [-0.05, 0) is 50.5 Å². The van der Waals surface area contributed by atoms with Crippen LogP contribution in [0.5, 0.6) is 0 Å². The molecular weight excluding hydrogens is 251 g/mol. The van der Waals surface area contributed by atoms with Gasteiger partial charge >= 0.3 is 0 Å². The largest absolute Gasteiger partial charge is 0.316 e. The van der Waals surface area contributed by atoms with Gasteiger partial charge in [-0.1, -0.05) is 31.9 Å². The van der Waals surface area contributed by atoms with Gasteiger partial charge < -0.3 is 5.32 Å². The van der Waals surface area contributed by atoms with Gasteiger partial charge in [0, 0.05) is 18.7 Å². The predicted octanol–water partition coefficient (Wildman–Crippen LogP) is 3.56. The van der Waals surface area contributed by atoms with Crippen molar-refractivity contribution in [3.05, 3.63) is 35.1 Å². The molecule has 0 aromatic heterocycles. The minimum Gasteiger partial charge on any atom is -0.316 e. The highest BCUT2D eigenvalue weighted by Crippen LogP contribution is 2.23. The van der Waals surface area contributed by atoms with E-state index in [1.807, 2.05) is 19.2 Å². The molecule has 20 heavy (non-hydrogen) atoms. The van der Waals surface area contributed by atoms with E-state index in [0.29, 0.717) is 0 Å². The molecule has 0 radical (unpaired) electrons. The van der Waals surface area contributed by atoms with Crippen LogP contribution >= 0.6 is 0 Å². The molecule has 1 saturated heterocycles. The van der Waals surface area contributed by atoms with Crippen molar-refractivity contribution in [1.29, 1.82) is 0 Å². The van der Waals surface area contributed by atoms with Gasteiger partial charge in [0.05, 0.1) is 0 Å². The van der Waals surface area contributed by atoms with Crippen LogP contribution in [0.4, 0.5) is 4.39 Å². The molecule has 0 atom stereocenters. The summed E-state index contributed by atoms with van der Waals surface area (Å²) in [6.45, 7) is 6.03. The second-order valence-corrected chi connectivity index (χ2v) is 5.96. The molecule has 1 aromatic rings. The highest BCUT2D eigenvalue weighted by molar-refractivity contribution is 5.25. The fraction of sp³-hybridized carbons (Fsp3) is 0.647. The van der Waals surface area contributed by atoms with Gasteiger partial charge in [0.2, 0.25) is 0 Å². The molecule has 1 aromatic carbocycles. The van der Waals surface area contributed by atoms with Crippen LogP contribution < -0.4 is 5.32 Å². The minimum absolute atomic E-state index is 0.0689. The molecule has 3 heteroatoms. The smallest absolute Gasteiger partial charge is 0.127 e. The molecule has 0 amide bonds. The average molecular weight is 278 g/mol. The third-order valence-electron chi connectivity index (χ3n) is 4.29. The lowest BCUT2D eigenvalue weighted by molar-refractivity contribution is 0.170. The van der Waals surface area contributed by atoms with Crippen molar-refractivity contribution in [1.82, 2.24) is 10.2 Å². The zero-order valence-electron chi connectivity index (χ0n) is 12.8. The molecule has 0 unspecified atom stereocenters. The standard InChI is InChI=1S/C17H27FN2/c1-3-4-14-7-9-20(10-8-14)13-16-11-15(12-19-2)5-6-17(16)18/h5-6,11,14,19H,3-4,7-10,12-13H2,1-2H3. The van der Waals surface area contributed by atoms with Gasteiger partial charge in [0.15, 0.2) is 0 Å². The molecular formula is C17H27FN2. The number of nitrogens with zero attached hydrogens (tertiary/aromatic N) is 1. The van der Waals surface area contributed by atoms with Gasteiger partial charge in [-0.3, -0.25) is 4.90 Å². The summed E-state index contributed by atoms with van der Waals surface area (Å²) in [4.78, 5) is 2.40. The number of halogens is 1. The van der Waals surface area contributed by atoms with Crippen LogP contribution in [0, 0.1) is 11.7 Å². The Hall–Kier alpha value is -0.930. The second kappa shape index (κ2) is 7.75. The predicted molar refractivity (Wildman–Crippen MR) is 82.1 cm³/mol. The third-order valence-corrected chi connectivity index (χ3v) is 4.29. The Labute approximate surface area is 122 Å². The van der Waals surface area contributed by atoms with E-state index in [4.69, 9.17) is 0 Å². The van der Waals surface area contributed by atoms with Crippen LogP contribution in [0.2, 0.25) is 0 Å². The molecule has 0 spiro atoms. The first-order valence-corrected chi connectivity index (χ1v) is 7.87. The molecule has 0 saturated carbocycles. The number of rotatable bonds is 6. The molecule has 1 aliphatic heterocycles. The monoisotopic (exact) mass is 278 g/mol. The summed E-state index contributed by atoms with van der Waals surface area (Å²) in [5.74, 6) is 0.817. The van der Waals surface area contributed by atoms with E-state index in [-0.39, 0.29) is 5.82 Å². The molecule has 1 aliphatic rings. The van der Waals surface area contributed by atoms with Crippen LogP contribution in [0.25, 0.3) is 0 Å². The van der Waals surface area contributed by atoms with Crippen molar-refractivity contribution in [2.75, 3.05) is 20.1 Å². The molecule has 1 N–H and O–H groups in total. The van der Waals surface area contributed by atoms with Crippen molar-refractivity contribution in [3.63, 3.8) is 0 Å². The Morgan fingerprint density at radius 2 is 2.05 bits per heavy atom. The zero-order chi connectivity index (χ0) is 14.4. The first-order valence-electron chi connectivity index (χ1n) is 7.87. The number of likely N-dealkylation sites (tertiary alicyclic amines) is 1. The molecule has 1 fully saturated rings. The maximum absolute atomic E-state index is 13.9. The summed E-state index contributed by atoms with van der Waals surface area (Å²) in [7, 11) is 1.92.